The molecule has 0 bridgehead atoms. The van der Waals surface area contributed by atoms with Crippen molar-refractivity contribution in [3.8, 4) is 5.88 Å². The van der Waals surface area contributed by atoms with Crippen LogP contribution in [0.15, 0.2) is 24.5 Å². The number of nitrogens with zero attached hydrogens (tertiary/aromatic N) is 3. The molecule has 2 heterocycles. The van der Waals surface area contributed by atoms with E-state index in [2.05, 4.69) is 27.0 Å². The van der Waals surface area contributed by atoms with Crippen LogP contribution in [0.1, 0.15) is 32.1 Å². The average molecular weight is 259 g/mol. The van der Waals surface area contributed by atoms with Gasteiger partial charge in [0.25, 0.3) is 0 Å². The van der Waals surface area contributed by atoms with E-state index in [0.29, 0.717) is 11.3 Å². The maximum atomic E-state index is 5.19. The van der Waals surface area contributed by atoms with Crippen LogP contribution in [0.4, 0.5) is 5.82 Å². The molecule has 3 rings (SSSR count). The maximum absolute atomic E-state index is 5.19. The lowest BCUT2D eigenvalue weighted by atomic mass is 9.71. The predicted molar refractivity (Wildman–Crippen MR) is 75.5 cm³/mol. The molecule has 0 amide bonds. The van der Waals surface area contributed by atoms with Crippen molar-refractivity contribution >= 4 is 5.82 Å². The zero-order chi connectivity index (χ0) is 13.1. The number of allylic oxidation sites excluding steroid dienone is 2. The molecule has 0 radical (unpaired) electrons. The second kappa shape index (κ2) is 5.19. The quantitative estimate of drug-likeness (QED) is 0.765. The Balaban J connectivity index is 1.79. The zero-order valence-corrected chi connectivity index (χ0v) is 11.5. The minimum Gasteiger partial charge on any atom is -0.481 e. The Labute approximate surface area is 114 Å². The minimum absolute atomic E-state index is 0.463. The lowest BCUT2D eigenvalue weighted by Gasteiger charge is -2.44. The molecule has 1 aliphatic carbocycles. The van der Waals surface area contributed by atoms with Crippen LogP contribution in [0.3, 0.4) is 0 Å². The summed E-state index contributed by atoms with van der Waals surface area (Å²) < 4.78 is 5.19. The molecule has 0 aromatic carbocycles. The summed E-state index contributed by atoms with van der Waals surface area (Å²) in [5, 5.41) is 0. The molecular weight excluding hydrogens is 238 g/mol. The largest absolute Gasteiger partial charge is 0.481 e. The molecule has 1 aromatic rings. The number of ether oxygens (including phenoxy) is 1. The summed E-state index contributed by atoms with van der Waals surface area (Å²) in [4.78, 5) is 10.9. The van der Waals surface area contributed by atoms with Crippen molar-refractivity contribution in [3.05, 3.63) is 24.5 Å². The van der Waals surface area contributed by atoms with Crippen LogP contribution in [-0.4, -0.2) is 30.2 Å². The SMILES string of the molecule is COc1cc(N2CCC[C@]3(CC=CCC3)C2)ncn1. The van der Waals surface area contributed by atoms with Gasteiger partial charge >= 0.3 is 0 Å². The molecule has 1 aromatic heterocycles. The van der Waals surface area contributed by atoms with E-state index in [1.54, 1.807) is 13.4 Å². The van der Waals surface area contributed by atoms with Gasteiger partial charge in [0.05, 0.1) is 7.11 Å². The third-order valence-electron chi connectivity index (χ3n) is 4.38. The number of piperidine rings is 1. The molecule has 102 valence electrons. The highest BCUT2D eigenvalue weighted by molar-refractivity contribution is 5.41. The monoisotopic (exact) mass is 259 g/mol. The van der Waals surface area contributed by atoms with Gasteiger partial charge in [-0.15, -0.1) is 0 Å². The van der Waals surface area contributed by atoms with Crippen LogP contribution in [0.25, 0.3) is 0 Å². The molecule has 4 nitrogen and oxygen atoms in total. The second-order valence-electron chi connectivity index (χ2n) is 5.66. The van der Waals surface area contributed by atoms with Gasteiger partial charge in [-0.3, -0.25) is 0 Å². The highest BCUT2D eigenvalue weighted by Crippen LogP contribution is 2.41. The van der Waals surface area contributed by atoms with Gasteiger partial charge in [0.15, 0.2) is 0 Å². The normalized spacial score (nSPS) is 26.7. The second-order valence-corrected chi connectivity index (χ2v) is 5.66. The fourth-order valence-corrected chi connectivity index (χ4v) is 3.33. The van der Waals surface area contributed by atoms with Gasteiger partial charge in [-0.25, -0.2) is 9.97 Å². The summed E-state index contributed by atoms with van der Waals surface area (Å²) in [6.07, 6.45) is 12.6. The minimum atomic E-state index is 0.463. The van der Waals surface area contributed by atoms with E-state index < -0.39 is 0 Å². The van der Waals surface area contributed by atoms with Crippen molar-refractivity contribution in [1.29, 1.82) is 0 Å². The molecule has 0 saturated carbocycles. The van der Waals surface area contributed by atoms with E-state index in [9.17, 15) is 0 Å². The first-order chi connectivity index (χ1) is 9.31. The van der Waals surface area contributed by atoms with Gasteiger partial charge in [0, 0.05) is 19.2 Å². The average Bonchev–Trinajstić information content (AvgIpc) is 2.48. The van der Waals surface area contributed by atoms with E-state index >= 15 is 0 Å². The summed E-state index contributed by atoms with van der Waals surface area (Å²) in [5.41, 5.74) is 0.463. The summed E-state index contributed by atoms with van der Waals surface area (Å²) in [6.45, 7) is 2.20. The van der Waals surface area contributed by atoms with E-state index in [0.717, 1.165) is 18.9 Å². The van der Waals surface area contributed by atoms with Crippen LogP contribution in [0.2, 0.25) is 0 Å². The molecule has 1 fully saturated rings. The first-order valence-electron chi connectivity index (χ1n) is 7.07. The number of hydrogen-bond donors (Lipinski definition) is 0. The molecule has 4 heteroatoms. The molecule has 2 aliphatic rings. The Morgan fingerprint density at radius 2 is 2.21 bits per heavy atom. The molecule has 0 N–H and O–H groups in total. The maximum Gasteiger partial charge on any atom is 0.218 e. The molecule has 1 spiro atoms. The Kier molecular flexibility index (Phi) is 3.40. The van der Waals surface area contributed by atoms with Gasteiger partial charge in [-0.1, -0.05) is 12.2 Å². The lowest BCUT2D eigenvalue weighted by molar-refractivity contribution is 0.209. The van der Waals surface area contributed by atoms with E-state index in [-0.39, 0.29) is 0 Å². The fraction of sp³-hybridized carbons (Fsp3) is 0.600. The summed E-state index contributed by atoms with van der Waals surface area (Å²) >= 11 is 0. The van der Waals surface area contributed by atoms with Crippen molar-refractivity contribution in [2.75, 3.05) is 25.1 Å². The number of methoxy groups -OCH3 is 1. The van der Waals surface area contributed by atoms with Gasteiger partial charge in [-0.2, -0.15) is 0 Å². The Bertz CT molecular complexity index is 474. The first-order valence-corrected chi connectivity index (χ1v) is 7.07. The lowest BCUT2D eigenvalue weighted by Crippen LogP contribution is -2.44. The Hall–Kier alpha value is -1.58. The third kappa shape index (κ3) is 2.57. The molecule has 1 aliphatic heterocycles. The van der Waals surface area contributed by atoms with Crippen molar-refractivity contribution in [2.45, 2.75) is 32.1 Å². The Morgan fingerprint density at radius 3 is 3.00 bits per heavy atom. The van der Waals surface area contributed by atoms with Crippen LogP contribution in [-0.2, 0) is 0 Å². The first kappa shape index (κ1) is 12.5. The van der Waals surface area contributed by atoms with Crippen molar-refractivity contribution in [3.63, 3.8) is 0 Å². The van der Waals surface area contributed by atoms with Gasteiger partial charge < -0.3 is 9.64 Å². The molecule has 1 atom stereocenters. The third-order valence-corrected chi connectivity index (χ3v) is 4.38. The Morgan fingerprint density at radius 1 is 1.26 bits per heavy atom. The van der Waals surface area contributed by atoms with Crippen LogP contribution < -0.4 is 9.64 Å². The summed E-state index contributed by atoms with van der Waals surface area (Å²) in [7, 11) is 1.65. The zero-order valence-electron chi connectivity index (χ0n) is 11.5. The predicted octanol–water partition coefficient (Wildman–Crippen LogP) is 2.81. The van der Waals surface area contributed by atoms with Crippen molar-refractivity contribution < 1.29 is 4.74 Å². The number of anilines is 1. The van der Waals surface area contributed by atoms with Crippen molar-refractivity contribution in [2.24, 2.45) is 5.41 Å². The fourth-order valence-electron chi connectivity index (χ4n) is 3.33. The highest BCUT2D eigenvalue weighted by atomic mass is 16.5. The molecular formula is C15H21N3O. The standard InChI is InChI=1S/C15H21N3O/c1-19-14-10-13(16-12-17-14)18-9-5-8-15(11-18)6-3-2-4-7-15/h2-3,10,12H,4-9,11H2,1H3/t15-/m1/s1. The smallest absolute Gasteiger partial charge is 0.218 e. The molecule has 0 unspecified atom stereocenters. The van der Waals surface area contributed by atoms with Gasteiger partial charge in [-0.05, 0) is 37.5 Å². The van der Waals surface area contributed by atoms with Gasteiger partial charge in [0.1, 0.15) is 12.1 Å². The number of hydrogen-bond acceptors (Lipinski definition) is 4. The van der Waals surface area contributed by atoms with Crippen molar-refractivity contribution in [1.82, 2.24) is 9.97 Å². The van der Waals surface area contributed by atoms with E-state index in [1.807, 2.05) is 6.07 Å². The number of aromatic nitrogens is 2. The number of rotatable bonds is 2. The topological polar surface area (TPSA) is 38.2 Å². The van der Waals surface area contributed by atoms with E-state index in [4.69, 9.17) is 4.74 Å². The summed E-state index contributed by atoms with van der Waals surface area (Å²) in [5.74, 6) is 1.65. The van der Waals surface area contributed by atoms with E-state index in [1.165, 1.54) is 32.1 Å². The summed E-state index contributed by atoms with van der Waals surface area (Å²) in [6, 6.07) is 1.94. The van der Waals surface area contributed by atoms with Crippen LogP contribution >= 0.6 is 0 Å². The van der Waals surface area contributed by atoms with Gasteiger partial charge in [0.2, 0.25) is 5.88 Å². The highest BCUT2D eigenvalue weighted by Gasteiger charge is 2.35. The molecule has 1 saturated heterocycles. The molecule has 19 heavy (non-hydrogen) atoms. The van der Waals surface area contributed by atoms with Crippen LogP contribution in [0, 0.1) is 5.41 Å². The van der Waals surface area contributed by atoms with Crippen LogP contribution in [0.5, 0.6) is 5.88 Å².